The molecule has 1 aliphatic heterocycles. The first-order valence-electron chi connectivity index (χ1n) is 10.7. The Labute approximate surface area is 183 Å². The van der Waals surface area contributed by atoms with Crippen molar-refractivity contribution < 1.29 is 19.4 Å². The highest BCUT2D eigenvalue weighted by molar-refractivity contribution is 5.97. The molecule has 0 aliphatic carbocycles. The molecular weight excluding hydrogens is 394 g/mol. The molecule has 7 nitrogen and oxygen atoms in total. The Balaban J connectivity index is 1.69. The average molecular weight is 426 g/mol. The number of amides is 2. The fourth-order valence-corrected chi connectivity index (χ4v) is 3.86. The number of likely N-dealkylation sites (tertiary alicyclic amines) is 1. The van der Waals surface area contributed by atoms with Crippen molar-refractivity contribution in [2.24, 2.45) is 0 Å². The standard InChI is InChI=1S/C24H31N3O4/c1-16(10-18-6-7-22(29)23(13-18)31-3)25-15-19-11-20(14-21(12-19)26-17(2)28)24(30)27-8-4-5-9-27/h6-7,11-14,16,25,29H,4-5,8-10,15H2,1-3H3,(H,26,28). The normalized spacial score (nSPS) is 14.4. The number of carbonyl (C=O) groups is 2. The molecule has 0 bridgehead atoms. The zero-order valence-electron chi connectivity index (χ0n) is 18.4. The molecule has 2 amide bonds. The second kappa shape index (κ2) is 10.3. The van der Waals surface area contributed by atoms with Gasteiger partial charge in [-0.25, -0.2) is 0 Å². The van der Waals surface area contributed by atoms with Crippen molar-refractivity contribution in [2.45, 2.75) is 45.7 Å². The molecule has 166 valence electrons. The van der Waals surface area contributed by atoms with E-state index in [9.17, 15) is 14.7 Å². The van der Waals surface area contributed by atoms with Crippen molar-refractivity contribution in [1.29, 1.82) is 0 Å². The predicted octanol–water partition coefficient (Wildman–Crippen LogP) is 3.32. The summed E-state index contributed by atoms with van der Waals surface area (Å²) in [6, 6.07) is 11.0. The number of benzene rings is 2. The summed E-state index contributed by atoms with van der Waals surface area (Å²) in [6.07, 6.45) is 2.82. The van der Waals surface area contributed by atoms with Crippen LogP contribution in [0.25, 0.3) is 0 Å². The molecule has 1 saturated heterocycles. The zero-order chi connectivity index (χ0) is 22.4. The molecule has 2 aromatic rings. The van der Waals surface area contributed by atoms with Crippen LogP contribution in [0.15, 0.2) is 36.4 Å². The van der Waals surface area contributed by atoms with Crippen LogP contribution in [0.4, 0.5) is 5.69 Å². The van der Waals surface area contributed by atoms with Gasteiger partial charge in [-0.05, 0) is 67.6 Å². The number of nitrogens with one attached hydrogen (secondary N) is 2. The molecule has 0 aromatic heterocycles. The van der Waals surface area contributed by atoms with Gasteiger partial charge in [-0.15, -0.1) is 0 Å². The maximum atomic E-state index is 12.9. The molecule has 3 rings (SSSR count). The largest absolute Gasteiger partial charge is 0.504 e. The second-order valence-corrected chi connectivity index (χ2v) is 8.09. The lowest BCUT2D eigenvalue weighted by molar-refractivity contribution is -0.114. The molecule has 0 spiro atoms. The van der Waals surface area contributed by atoms with Gasteiger partial charge in [0, 0.05) is 43.9 Å². The van der Waals surface area contributed by atoms with Crippen molar-refractivity contribution >= 4 is 17.5 Å². The molecular formula is C24H31N3O4. The lowest BCUT2D eigenvalue weighted by Crippen LogP contribution is -2.29. The van der Waals surface area contributed by atoms with Crippen molar-refractivity contribution in [3.05, 3.63) is 53.1 Å². The number of phenolic OH excluding ortho intramolecular Hbond substituents is 1. The molecule has 1 unspecified atom stereocenters. The number of anilines is 1. The quantitative estimate of drug-likeness (QED) is 0.604. The number of rotatable bonds is 8. The van der Waals surface area contributed by atoms with E-state index in [-0.39, 0.29) is 23.6 Å². The Hall–Kier alpha value is -3.06. The summed E-state index contributed by atoms with van der Waals surface area (Å²) in [5.74, 6) is 0.420. The van der Waals surface area contributed by atoms with Crippen LogP contribution in [-0.4, -0.2) is 48.1 Å². The number of hydrogen-bond donors (Lipinski definition) is 3. The van der Waals surface area contributed by atoms with Gasteiger partial charge >= 0.3 is 0 Å². The average Bonchev–Trinajstić information content (AvgIpc) is 3.27. The lowest BCUT2D eigenvalue weighted by Gasteiger charge is -2.18. The summed E-state index contributed by atoms with van der Waals surface area (Å²) in [5.41, 5.74) is 3.21. The number of aromatic hydroxyl groups is 1. The van der Waals surface area contributed by atoms with Gasteiger partial charge in [-0.1, -0.05) is 6.07 Å². The maximum absolute atomic E-state index is 12.9. The van der Waals surface area contributed by atoms with Gasteiger partial charge in [0.15, 0.2) is 11.5 Å². The van der Waals surface area contributed by atoms with Crippen LogP contribution in [0.5, 0.6) is 11.5 Å². The SMILES string of the molecule is COc1cc(CC(C)NCc2cc(NC(C)=O)cc(C(=O)N3CCCC3)c2)ccc1O. The maximum Gasteiger partial charge on any atom is 0.253 e. The van der Waals surface area contributed by atoms with E-state index in [1.807, 2.05) is 29.2 Å². The monoisotopic (exact) mass is 425 g/mol. The number of hydrogen-bond acceptors (Lipinski definition) is 5. The molecule has 1 aliphatic rings. The summed E-state index contributed by atoms with van der Waals surface area (Å²) in [7, 11) is 1.53. The van der Waals surface area contributed by atoms with E-state index in [1.165, 1.54) is 14.0 Å². The van der Waals surface area contributed by atoms with E-state index in [4.69, 9.17) is 4.74 Å². The first kappa shape index (κ1) is 22.6. The third-order valence-electron chi connectivity index (χ3n) is 5.39. The molecule has 3 N–H and O–H groups in total. The Morgan fingerprint density at radius 2 is 1.87 bits per heavy atom. The van der Waals surface area contributed by atoms with E-state index in [1.54, 1.807) is 12.1 Å². The third-order valence-corrected chi connectivity index (χ3v) is 5.39. The Morgan fingerprint density at radius 1 is 1.13 bits per heavy atom. The fourth-order valence-electron chi connectivity index (χ4n) is 3.86. The zero-order valence-corrected chi connectivity index (χ0v) is 18.4. The minimum Gasteiger partial charge on any atom is -0.504 e. The van der Waals surface area contributed by atoms with Gasteiger partial charge in [0.1, 0.15) is 0 Å². The van der Waals surface area contributed by atoms with Crippen LogP contribution in [0.3, 0.4) is 0 Å². The van der Waals surface area contributed by atoms with Crippen LogP contribution in [0.1, 0.15) is 48.2 Å². The first-order valence-corrected chi connectivity index (χ1v) is 10.7. The van der Waals surface area contributed by atoms with E-state index in [0.717, 1.165) is 43.5 Å². The minimum atomic E-state index is -0.167. The lowest BCUT2D eigenvalue weighted by atomic mass is 10.0. The molecule has 7 heteroatoms. The third kappa shape index (κ3) is 6.21. The smallest absolute Gasteiger partial charge is 0.253 e. The van der Waals surface area contributed by atoms with Gasteiger partial charge in [-0.3, -0.25) is 9.59 Å². The molecule has 1 atom stereocenters. The number of ether oxygens (including phenoxy) is 1. The first-order chi connectivity index (χ1) is 14.9. The van der Waals surface area contributed by atoms with Crippen LogP contribution < -0.4 is 15.4 Å². The van der Waals surface area contributed by atoms with E-state index < -0.39 is 0 Å². The molecule has 0 saturated carbocycles. The highest BCUT2D eigenvalue weighted by atomic mass is 16.5. The molecule has 31 heavy (non-hydrogen) atoms. The summed E-state index contributed by atoms with van der Waals surface area (Å²) in [5, 5.41) is 16.0. The van der Waals surface area contributed by atoms with Gasteiger partial charge in [-0.2, -0.15) is 0 Å². The van der Waals surface area contributed by atoms with Gasteiger partial charge in [0.2, 0.25) is 5.91 Å². The minimum absolute atomic E-state index is 0.00943. The van der Waals surface area contributed by atoms with Crippen LogP contribution in [0.2, 0.25) is 0 Å². The predicted molar refractivity (Wildman–Crippen MR) is 121 cm³/mol. The van der Waals surface area contributed by atoms with E-state index in [0.29, 0.717) is 23.5 Å². The van der Waals surface area contributed by atoms with Gasteiger partial charge in [0.25, 0.3) is 5.91 Å². The second-order valence-electron chi connectivity index (χ2n) is 8.09. The summed E-state index contributed by atoms with van der Waals surface area (Å²) in [4.78, 5) is 26.3. The van der Waals surface area contributed by atoms with Crippen molar-refractivity contribution in [3.63, 3.8) is 0 Å². The van der Waals surface area contributed by atoms with Gasteiger partial charge in [0.05, 0.1) is 7.11 Å². The molecule has 0 radical (unpaired) electrons. The summed E-state index contributed by atoms with van der Waals surface area (Å²) >= 11 is 0. The van der Waals surface area contributed by atoms with Crippen molar-refractivity contribution in [2.75, 3.05) is 25.5 Å². The van der Waals surface area contributed by atoms with E-state index in [2.05, 4.69) is 17.6 Å². The topological polar surface area (TPSA) is 90.9 Å². The van der Waals surface area contributed by atoms with Gasteiger partial charge < -0.3 is 25.4 Å². The summed E-state index contributed by atoms with van der Waals surface area (Å²) in [6.45, 7) is 5.66. The Morgan fingerprint density at radius 3 is 2.55 bits per heavy atom. The summed E-state index contributed by atoms with van der Waals surface area (Å²) < 4.78 is 5.18. The molecule has 2 aromatic carbocycles. The Bertz CT molecular complexity index is 938. The van der Waals surface area contributed by atoms with Crippen LogP contribution >= 0.6 is 0 Å². The fraction of sp³-hybridized carbons (Fsp3) is 0.417. The number of phenols is 1. The number of methoxy groups -OCH3 is 1. The van der Waals surface area contributed by atoms with Crippen molar-refractivity contribution in [3.8, 4) is 11.5 Å². The Kier molecular flexibility index (Phi) is 7.52. The highest BCUT2D eigenvalue weighted by Gasteiger charge is 2.20. The van der Waals surface area contributed by atoms with E-state index >= 15 is 0 Å². The molecule has 1 heterocycles. The highest BCUT2D eigenvalue weighted by Crippen LogP contribution is 2.27. The molecule has 1 fully saturated rings. The number of nitrogens with zero attached hydrogens (tertiary/aromatic N) is 1. The van der Waals surface area contributed by atoms with Crippen LogP contribution in [-0.2, 0) is 17.8 Å². The number of carbonyl (C=O) groups excluding carboxylic acids is 2. The van der Waals surface area contributed by atoms with Crippen LogP contribution in [0, 0.1) is 0 Å². The van der Waals surface area contributed by atoms with Crippen molar-refractivity contribution in [1.82, 2.24) is 10.2 Å².